The number of halogens is 2. The first-order chi connectivity index (χ1) is 14.4. The van der Waals surface area contributed by atoms with Crippen LogP contribution in [0.25, 0.3) is 0 Å². The minimum atomic E-state index is -1.10. The molecule has 1 heterocycles. The summed E-state index contributed by atoms with van der Waals surface area (Å²) in [6, 6.07) is 12.4. The Hall–Kier alpha value is -1.61. The number of methoxy groups -OCH3 is 1. The van der Waals surface area contributed by atoms with Crippen LogP contribution in [0.1, 0.15) is 22.7 Å². The first-order valence-electron chi connectivity index (χ1n) is 9.88. The molecule has 0 N–H and O–H groups in total. The second-order valence-electron chi connectivity index (χ2n) is 7.63. The lowest BCUT2D eigenvalue weighted by molar-refractivity contribution is -0.267. The highest BCUT2D eigenvalue weighted by atomic mass is 79.9. The highest BCUT2D eigenvalue weighted by molar-refractivity contribution is 9.11. The van der Waals surface area contributed by atoms with Crippen LogP contribution in [0.2, 0.25) is 0 Å². The number of carboxylic acid groups (broad SMARTS) is 1. The van der Waals surface area contributed by atoms with Crippen molar-refractivity contribution in [1.29, 1.82) is 0 Å². The number of hydrogen-bond acceptors (Lipinski definition) is 5. The quantitative estimate of drug-likeness (QED) is 0.584. The Labute approximate surface area is 193 Å². The zero-order chi connectivity index (χ0) is 21.3. The van der Waals surface area contributed by atoms with Gasteiger partial charge in [0.15, 0.2) is 0 Å². The van der Waals surface area contributed by atoms with Crippen molar-refractivity contribution in [2.45, 2.75) is 25.2 Å². The molecule has 1 amide bonds. The van der Waals surface area contributed by atoms with Gasteiger partial charge in [-0.15, -0.1) is 0 Å². The van der Waals surface area contributed by atoms with E-state index in [9.17, 15) is 9.90 Å². The molecule has 160 valence electrons. The van der Waals surface area contributed by atoms with Crippen molar-refractivity contribution < 1.29 is 19.4 Å². The molecule has 1 aliphatic carbocycles. The zero-order valence-electron chi connectivity index (χ0n) is 16.6. The number of ether oxygens (including phenoxy) is 2. The predicted molar refractivity (Wildman–Crippen MR) is 118 cm³/mol. The van der Waals surface area contributed by atoms with Crippen LogP contribution >= 0.6 is 31.9 Å². The van der Waals surface area contributed by atoms with E-state index in [2.05, 4.69) is 61.0 Å². The van der Waals surface area contributed by atoms with Crippen LogP contribution < -0.4 is 9.84 Å². The molecule has 6 nitrogen and oxygen atoms in total. The molecule has 2 atom stereocenters. The topological polar surface area (TPSA) is 65.1 Å². The molecule has 30 heavy (non-hydrogen) atoms. The fourth-order valence-electron chi connectivity index (χ4n) is 4.37. The molecule has 0 bridgehead atoms. The molecule has 2 aromatic carbocycles. The van der Waals surface area contributed by atoms with Crippen molar-refractivity contribution >= 4 is 38.0 Å². The summed E-state index contributed by atoms with van der Waals surface area (Å²) in [5.41, 5.74) is 3.55. The summed E-state index contributed by atoms with van der Waals surface area (Å²) in [5, 5.41) is 11.2. The number of rotatable bonds is 5. The van der Waals surface area contributed by atoms with E-state index < -0.39 is 6.09 Å². The third-order valence-corrected chi connectivity index (χ3v) is 6.71. The lowest BCUT2D eigenvalue weighted by atomic mass is 10.0. The van der Waals surface area contributed by atoms with Gasteiger partial charge in [-0.2, -0.15) is 0 Å². The third-order valence-electron chi connectivity index (χ3n) is 5.79. The molecule has 4 rings (SSSR count). The average Bonchev–Trinajstić information content (AvgIpc) is 3.09. The van der Waals surface area contributed by atoms with Gasteiger partial charge in [-0.25, -0.2) is 0 Å². The number of carbonyl (C=O) groups is 1. The maximum absolute atomic E-state index is 11.2. The predicted octanol–water partition coefficient (Wildman–Crippen LogP) is 3.36. The molecule has 0 aromatic heterocycles. The third kappa shape index (κ3) is 4.66. The van der Waals surface area contributed by atoms with Gasteiger partial charge in [0.2, 0.25) is 0 Å². The number of benzene rings is 2. The highest BCUT2D eigenvalue weighted by Crippen LogP contribution is 2.40. The van der Waals surface area contributed by atoms with Gasteiger partial charge in [-0.05, 0) is 47.0 Å². The van der Waals surface area contributed by atoms with Crippen LogP contribution in [0, 0.1) is 0 Å². The summed E-state index contributed by atoms with van der Waals surface area (Å²) in [6.45, 7) is 2.73. The van der Waals surface area contributed by atoms with Gasteiger partial charge < -0.3 is 24.3 Å². The SMILES string of the molecule is COc1ccc2c(c1)CC(OCc1cc(Br)cc(Br)c1)C2N1CCN(C(=O)[O-])CC1. The summed E-state index contributed by atoms with van der Waals surface area (Å²) in [4.78, 5) is 14.9. The van der Waals surface area contributed by atoms with Crippen molar-refractivity contribution in [1.82, 2.24) is 9.80 Å². The van der Waals surface area contributed by atoms with Crippen molar-refractivity contribution in [2.24, 2.45) is 0 Å². The number of fused-ring (bicyclic) bond motifs is 1. The monoisotopic (exact) mass is 537 g/mol. The number of amides is 1. The van der Waals surface area contributed by atoms with Crippen molar-refractivity contribution in [3.8, 4) is 5.75 Å². The molecule has 0 radical (unpaired) electrons. The zero-order valence-corrected chi connectivity index (χ0v) is 19.8. The van der Waals surface area contributed by atoms with E-state index in [1.165, 1.54) is 16.0 Å². The molecule has 0 saturated carbocycles. The number of piperazine rings is 1. The molecule has 1 saturated heterocycles. The van der Waals surface area contributed by atoms with E-state index in [0.717, 1.165) is 26.7 Å². The summed E-state index contributed by atoms with van der Waals surface area (Å²) in [5.74, 6) is 0.839. The maximum atomic E-state index is 11.2. The van der Waals surface area contributed by atoms with Crippen LogP contribution in [0.3, 0.4) is 0 Å². The van der Waals surface area contributed by atoms with Crippen molar-refractivity contribution in [3.05, 3.63) is 62.0 Å². The van der Waals surface area contributed by atoms with Gasteiger partial charge in [0, 0.05) is 41.5 Å². The summed E-state index contributed by atoms with van der Waals surface area (Å²) >= 11 is 7.06. The van der Waals surface area contributed by atoms with Gasteiger partial charge >= 0.3 is 0 Å². The van der Waals surface area contributed by atoms with E-state index in [0.29, 0.717) is 32.8 Å². The van der Waals surface area contributed by atoms with E-state index in [1.54, 1.807) is 7.11 Å². The number of hydrogen-bond donors (Lipinski definition) is 0. The molecule has 8 heteroatoms. The Morgan fingerprint density at radius 2 is 1.80 bits per heavy atom. The second-order valence-corrected chi connectivity index (χ2v) is 9.46. The highest BCUT2D eigenvalue weighted by Gasteiger charge is 2.38. The number of nitrogens with zero attached hydrogens (tertiary/aromatic N) is 2. The van der Waals surface area contributed by atoms with Crippen LogP contribution in [-0.4, -0.2) is 55.3 Å². The molecular formula is C22H23Br2N2O4-. The molecule has 1 aliphatic heterocycles. The largest absolute Gasteiger partial charge is 0.530 e. The first-order valence-corrected chi connectivity index (χ1v) is 11.5. The molecule has 2 unspecified atom stereocenters. The Balaban J connectivity index is 1.54. The van der Waals surface area contributed by atoms with Crippen LogP contribution in [0.4, 0.5) is 4.79 Å². The summed E-state index contributed by atoms with van der Waals surface area (Å²) in [6.07, 6.45) is -0.314. The fourth-order valence-corrected chi connectivity index (χ4v) is 5.75. The van der Waals surface area contributed by atoms with Gasteiger partial charge in [-0.3, -0.25) is 4.90 Å². The van der Waals surface area contributed by atoms with Gasteiger partial charge in [0.25, 0.3) is 0 Å². The minimum absolute atomic E-state index is 0.0145. The summed E-state index contributed by atoms with van der Waals surface area (Å²) in [7, 11) is 1.67. The molecular weight excluding hydrogens is 516 g/mol. The molecule has 1 fully saturated rings. The summed E-state index contributed by atoms with van der Waals surface area (Å²) < 4.78 is 13.8. The van der Waals surface area contributed by atoms with Gasteiger partial charge in [-0.1, -0.05) is 37.9 Å². The van der Waals surface area contributed by atoms with Gasteiger partial charge in [0.05, 0.1) is 25.9 Å². The van der Waals surface area contributed by atoms with E-state index >= 15 is 0 Å². The lowest BCUT2D eigenvalue weighted by Gasteiger charge is -2.41. The van der Waals surface area contributed by atoms with Crippen molar-refractivity contribution in [2.75, 3.05) is 33.3 Å². The Morgan fingerprint density at radius 1 is 1.10 bits per heavy atom. The Kier molecular flexibility index (Phi) is 6.67. The van der Waals surface area contributed by atoms with Crippen LogP contribution in [0.15, 0.2) is 45.3 Å². The van der Waals surface area contributed by atoms with Crippen LogP contribution in [0.5, 0.6) is 5.75 Å². The smallest absolute Gasteiger partial charge is 0.137 e. The van der Waals surface area contributed by atoms with Crippen LogP contribution in [-0.2, 0) is 17.8 Å². The maximum Gasteiger partial charge on any atom is 0.137 e. The molecule has 2 aliphatic rings. The molecule has 0 spiro atoms. The minimum Gasteiger partial charge on any atom is -0.530 e. The fraction of sp³-hybridized carbons (Fsp3) is 0.409. The molecule has 2 aromatic rings. The first kappa shape index (κ1) is 21.6. The van der Waals surface area contributed by atoms with E-state index in [-0.39, 0.29) is 12.1 Å². The Bertz CT molecular complexity index is 911. The van der Waals surface area contributed by atoms with Crippen molar-refractivity contribution in [3.63, 3.8) is 0 Å². The van der Waals surface area contributed by atoms with Gasteiger partial charge in [0.1, 0.15) is 11.8 Å². The van der Waals surface area contributed by atoms with E-state index in [1.807, 2.05) is 12.1 Å². The second kappa shape index (κ2) is 9.26. The standard InChI is InChI=1S/C22H24Br2N2O4/c1-29-18-2-3-19-15(10-18)11-20(30-13-14-8-16(23)12-17(24)9-14)21(19)25-4-6-26(7-5-25)22(27)28/h2-3,8-10,12,20-21H,4-7,11,13H2,1H3,(H,27,28)/p-1. The average molecular weight is 539 g/mol. The van der Waals surface area contributed by atoms with E-state index in [4.69, 9.17) is 9.47 Å². The Morgan fingerprint density at radius 3 is 2.43 bits per heavy atom. The normalized spacial score (nSPS) is 21.5. The number of carbonyl (C=O) groups excluding carboxylic acids is 1. The lowest BCUT2D eigenvalue weighted by Crippen LogP contribution is -2.54.